The summed E-state index contributed by atoms with van der Waals surface area (Å²) in [6.45, 7) is 7.69. The van der Waals surface area contributed by atoms with Gasteiger partial charge in [-0.15, -0.1) is 0 Å². The van der Waals surface area contributed by atoms with E-state index in [1.54, 1.807) is 36.4 Å². The maximum absolute atomic E-state index is 12.2. The van der Waals surface area contributed by atoms with Crippen LogP contribution in [-0.2, 0) is 10.2 Å². The Hall–Kier alpha value is -3.15. The third kappa shape index (κ3) is 5.44. The molecule has 2 aromatic carbocycles. The van der Waals surface area contributed by atoms with Gasteiger partial charge in [0.2, 0.25) is 5.91 Å². The molecule has 0 unspecified atom stereocenters. The number of carbonyl (C=O) groups is 3. The summed E-state index contributed by atoms with van der Waals surface area (Å²) in [5, 5.41) is 7.50. The molecule has 2 aromatic rings. The van der Waals surface area contributed by atoms with Gasteiger partial charge < -0.3 is 10.6 Å². The lowest BCUT2D eigenvalue weighted by Gasteiger charge is -2.19. The Kier molecular flexibility index (Phi) is 5.77. The van der Waals surface area contributed by atoms with E-state index in [0.717, 1.165) is 5.56 Å². The van der Waals surface area contributed by atoms with Crippen molar-refractivity contribution in [1.82, 2.24) is 5.32 Å². The molecule has 0 aromatic heterocycles. The normalized spacial score (nSPS) is 10.8. The average molecular weight is 353 g/mol. The van der Waals surface area contributed by atoms with Crippen LogP contribution in [-0.4, -0.2) is 17.8 Å². The zero-order chi connectivity index (χ0) is 19.3. The smallest absolute Gasteiger partial charge is 0.326 e. The molecule has 0 atom stereocenters. The molecular weight excluding hydrogens is 330 g/mol. The fraction of sp³-hybridized carbons (Fsp3) is 0.250. The Balaban J connectivity index is 1.94. The summed E-state index contributed by atoms with van der Waals surface area (Å²) in [6, 6.07) is 13.1. The van der Waals surface area contributed by atoms with Gasteiger partial charge in [0.1, 0.15) is 0 Å². The molecule has 26 heavy (non-hydrogen) atoms. The topological polar surface area (TPSA) is 87.3 Å². The van der Waals surface area contributed by atoms with E-state index in [9.17, 15) is 14.4 Å². The van der Waals surface area contributed by atoms with E-state index in [0.29, 0.717) is 16.9 Å². The van der Waals surface area contributed by atoms with Crippen molar-refractivity contribution in [2.45, 2.75) is 33.1 Å². The Morgan fingerprint density at radius 3 is 1.73 bits per heavy atom. The monoisotopic (exact) mass is 353 g/mol. The average Bonchev–Trinajstić information content (AvgIpc) is 2.55. The number of anilines is 2. The number of hydrogen-bond donors (Lipinski definition) is 3. The predicted molar refractivity (Wildman–Crippen MR) is 102 cm³/mol. The highest BCUT2D eigenvalue weighted by atomic mass is 16.2. The first kappa shape index (κ1) is 19.2. The van der Waals surface area contributed by atoms with Gasteiger partial charge in [0.25, 0.3) is 5.91 Å². The van der Waals surface area contributed by atoms with Crippen molar-refractivity contribution >= 4 is 29.2 Å². The Bertz CT molecular complexity index is 804. The highest BCUT2D eigenvalue weighted by molar-refractivity contribution is 6.08. The van der Waals surface area contributed by atoms with Crippen LogP contribution in [0.15, 0.2) is 48.5 Å². The van der Waals surface area contributed by atoms with E-state index >= 15 is 0 Å². The lowest BCUT2D eigenvalue weighted by Crippen LogP contribution is -2.34. The predicted octanol–water partition coefficient (Wildman–Crippen LogP) is 3.90. The maximum Gasteiger partial charge on any atom is 0.326 e. The fourth-order valence-corrected chi connectivity index (χ4v) is 2.30. The molecule has 0 radical (unpaired) electrons. The van der Waals surface area contributed by atoms with Crippen molar-refractivity contribution < 1.29 is 14.4 Å². The SMILES string of the molecule is CC(=O)Nc1ccc(NC(=O)NC(=O)c2ccc(C(C)(C)C)cc2)cc1. The van der Waals surface area contributed by atoms with Crippen LogP contribution in [0.2, 0.25) is 0 Å². The standard InChI is InChI=1S/C20H23N3O3/c1-13(24)21-16-9-11-17(12-10-16)22-19(26)23-18(25)14-5-7-15(8-6-14)20(2,3)4/h5-12H,1-4H3,(H,21,24)(H2,22,23,25,26). The van der Waals surface area contributed by atoms with Crippen molar-refractivity contribution in [3.8, 4) is 0 Å². The van der Waals surface area contributed by atoms with Crippen molar-refractivity contribution in [2.24, 2.45) is 0 Å². The molecule has 0 bridgehead atoms. The second-order valence-electron chi connectivity index (χ2n) is 6.99. The molecule has 3 N–H and O–H groups in total. The summed E-state index contributed by atoms with van der Waals surface area (Å²) in [7, 11) is 0. The number of imide groups is 1. The van der Waals surface area contributed by atoms with Crippen LogP contribution >= 0.6 is 0 Å². The number of amides is 4. The van der Waals surface area contributed by atoms with Gasteiger partial charge in [-0.1, -0.05) is 32.9 Å². The quantitative estimate of drug-likeness (QED) is 0.782. The molecule has 0 spiro atoms. The van der Waals surface area contributed by atoms with E-state index in [4.69, 9.17) is 0 Å². The maximum atomic E-state index is 12.2. The number of hydrogen-bond acceptors (Lipinski definition) is 3. The summed E-state index contributed by atoms with van der Waals surface area (Å²) < 4.78 is 0. The summed E-state index contributed by atoms with van der Waals surface area (Å²) in [4.78, 5) is 35.1. The summed E-state index contributed by atoms with van der Waals surface area (Å²) in [6.07, 6.45) is 0. The largest absolute Gasteiger partial charge is 0.326 e. The molecule has 6 nitrogen and oxygen atoms in total. The molecule has 2 rings (SSSR count). The Morgan fingerprint density at radius 2 is 1.27 bits per heavy atom. The number of carbonyl (C=O) groups excluding carboxylic acids is 3. The Labute approximate surface area is 153 Å². The molecule has 0 fully saturated rings. The van der Waals surface area contributed by atoms with Crippen LogP contribution in [0, 0.1) is 0 Å². The molecule has 0 saturated carbocycles. The van der Waals surface area contributed by atoms with Gasteiger partial charge in [-0.2, -0.15) is 0 Å². The molecule has 0 heterocycles. The van der Waals surface area contributed by atoms with Crippen LogP contribution < -0.4 is 16.0 Å². The first-order chi connectivity index (χ1) is 12.1. The molecular formula is C20H23N3O3. The molecule has 0 aliphatic carbocycles. The van der Waals surface area contributed by atoms with Crippen molar-refractivity contribution in [2.75, 3.05) is 10.6 Å². The third-order valence-corrected chi connectivity index (χ3v) is 3.70. The van der Waals surface area contributed by atoms with E-state index in [1.165, 1.54) is 6.92 Å². The van der Waals surface area contributed by atoms with E-state index in [-0.39, 0.29) is 11.3 Å². The van der Waals surface area contributed by atoms with Gasteiger partial charge in [-0.05, 0) is 47.4 Å². The van der Waals surface area contributed by atoms with Crippen molar-refractivity contribution in [3.05, 3.63) is 59.7 Å². The molecule has 0 aliphatic rings. The molecule has 4 amide bonds. The molecule has 0 saturated heterocycles. The molecule has 0 aliphatic heterocycles. The second kappa shape index (κ2) is 7.82. The highest BCUT2D eigenvalue weighted by Crippen LogP contribution is 2.22. The number of nitrogens with one attached hydrogen (secondary N) is 3. The number of urea groups is 1. The van der Waals surface area contributed by atoms with Crippen molar-refractivity contribution in [1.29, 1.82) is 0 Å². The van der Waals surface area contributed by atoms with E-state index in [1.807, 2.05) is 12.1 Å². The van der Waals surface area contributed by atoms with Gasteiger partial charge in [-0.25, -0.2) is 4.79 Å². The zero-order valence-corrected chi connectivity index (χ0v) is 15.3. The lowest BCUT2D eigenvalue weighted by molar-refractivity contribution is -0.114. The van der Waals surface area contributed by atoms with Gasteiger partial charge >= 0.3 is 6.03 Å². The van der Waals surface area contributed by atoms with Crippen LogP contribution in [0.3, 0.4) is 0 Å². The lowest BCUT2D eigenvalue weighted by atomic mass is 9.87. The van der Waals surface area contributed by atoms with Crippen LogP contribution in [0.25, 0.3) is 0 Å². The first-order valence-corrected chi connectivity index (χ1v) is 8.26. The van der Waals surface area contributed by atoms with E-state index in [2.05, 4.69) is 36.7 Å². The second-order valence-corrected chi connectivity index (χ2v) is 6.99. The van der Waals surface area contributed by atoms with Crippen LogP contribution in [0.1, 0.15) is 43.6 Å². The van der Waals surface area contributed by atoms with Crippen LogP contribution in [0.5, 0.6) is 0 Å². The molecule has 6 heteroatoms. The highest BCUT2D eigenvalue weighted by Gasteiger charge is 2.15. The summed E-state index contributed by atoms with van der Waals surface area (Å²) >= 11 is 0. The van der Waals surface area contributed by atoms with E-state index < -0.39 is 11.9 Å². The minimum Gasteiger partial charge on any atom is -0.326 e. The summed E-state index contributed by atoms with van der Waals surface area (Å²) in [5.74, 6) is -0.649. The van der Waals surface area contributed by atoms with Gasteiger partial charge in [0.05, 0.1) is 0 Å². The summed E-state index contributed by atoms with van der Waals surface area (Å²) in [5.41, 5.74) is 2.65. The minimum absolute atomic E-state index is 0.00418. The van der Waals surface area contributed by atoms with Gasteiger partial charge in [-0.3, -0.25) is 14.9 Å². The number of benzene rings is 2. The minimum atomic E-state index is -0.623. The zero-order valence-electron chi connectivity index (χ0n) is 15.3. The van der Waals surface area contributed by atoms with Crippen LogP contribution in [0.4, 0.5) is 16.2 Å². The third-order valence-electron chi connectivity index (χ3n) is 3.70. The van der Waals surface area contributed by atoms with Gasteiger partial charge in [0.15, 0.2) is 0 Å². The Morgan fingerprint density at radius 1 is 0.769 bits per heavy atom. The molecule has 136 valence electrons. The fourth-order valence-electron chi connectivity index (χ4n) is 2.30. The number of rotatable bonds is 3. The van der Waals surface area contributed by atoms with Gasteiger partial charge in [0, 0.05) is 23.9 Å². The van der Waals surface area contributed by atoms with Crippen molar-refractivity contribution in [3.63, 3.8) is 0 Å². The first-order valence-electron chi connectivity index (χ1n) is 8.26.